The number of nitrogen functional groups attached to an aromatic ring is 2. The maximum atomic E-state index is 13.0. The van der Waals surface area contributed by atoms with Gasteiger partial charge < -0.3 is 16.2 Å². The molecule has 0 spiro atoms. The molecule has 0 bridgehead atoms. The Bertz CT molecular complexity index is 489. The van der Waals surface area contributed by atoms with Gasteiger partial charge in [0.1, 0.15) is 12.2 Å². The van der Waals surface area contributed by atoms with Crippen molar-refractivity contribution >= 4 is 17.3 Å². The van der Waals surface area contributed by atoms with E-state index in [4.69, 9.17) is 11.5 Å². The number of anilines is 2. The fourth-order valence-electron chi connectivity index (χ4n) is 1.17. The third-order valence-electron chi connectivity index (χ3n) is 1.94. The van der Waals surface area contributed by atoms with Crippen molar-refractivity contribution in [3.05, 3.63) is 23.5 Å². The Morgan fingerprint density at radius 3 is 2.82 bits per heavy atom. The number of hydrogen-bond acceptors (Lipinski definition) is 4. The van der Waals surface area contributed by atoms with Gasteiger partial charge >= 0.3 is 5.97 Å². The number of carbonyl (C=O) groups is 1. The zero-order valence-corrected chi connectivity index (χ0v) is 9.42. The standard InChI is InChI=1S/C12H13FN2O2/c1-2-17-11(16)5-3-4-8-6-9(13)7-10(14)12(8)15/h6-7H,2,5,14-15H2,1H3. The van der Waals surface area contributed by atoms with Crippen molar-refractivity contribution in [1.29, 1.82) is 0 Å². The lowest BCUT2D eigenvalue weighted by atomic mass is 10.1. The Hall–Kier alpha value is -2.22. The molecule has 0 atom stereocenters. The molecule has 0 saturated carbocycles. The van der Waals surface area contributed by atoms with Crippen LogP contribution in [0.1, 0.15) is 18.9 Å². The monoisotopic (exact) mass is 236 g/mol. The Morgan fingerprint density at radius 1 is 1.47 bits per heavy atom. The normalized spacial score (nSPS) is 9.29. The topological polar surface area (TPSA) is 78.3 Å². The molecule has 0 saturated heterocycles. The molecule has 1 rings (SSSR count). The molecule has 5 heteroatoms. The SMILES string of the molecule is CCOC(=O)CC#Cc1cc(F)cc(N)c1N. The highest BCUT2D eigenvalue weighted by atomic mass is 19.1. The van der Waals surface area contributed by atoms with Crippen LogP contribution in [0.25, 0.3) is 0 Å². The smallest absolute Gasteiger partial charge is 0.317 e. The lowest BCUT2D eigenvalue weighted by Gasteiger charge is -2.02. The predicted molar refractivity (Wildman–Crippen MR) is 63.4 cm³/mol. The highest BCUT2D eigenvalue weighted by Crippen LogP contribution is 2.20. The Labute approximate surface area is 98.7 Å². The third-order valence-corrected chi connectivity index (χ3v) is 1.94. The lowest BCUT2D eigenvalue weighted by molar-refractivity contribution is -0.141. The number of ether oxygens (including phenoxy) is 1. The molecule has 0 amide bonds. The van der Waals surface area contributed by atoms with Crippen LogP contribution in [0.15, 0.2) is 12.1 Å². The van der Waals surface area contributed by atoms with E-state index in [1.54, 1.807) is 6.92 Å². The second-order valence-corrected chi connectivity index (χ2v) is 3.24. The fraction of sp³-hybridized carbons (Fsp3) is 0.250. The molecule has 0 aliphatic heterocycles. The van der Waals surface area contributed by atoms with Crippen LogP contribution in [0.5, 0.6) is 0 Å². The number of esters is 1. The minimum Gasteiger partial charge on any atom is -0.465 e. The van der Waals surface area contributed by atoms with Crippen LogP contribution in [-0.2, 0) is 9.53 Å². The molecular formula is C12H13FN2O2. The average molecular weight is 236 g/mol. The molecule has 0 heterocycles. The summed E-state index contributed by atoms with van der Waals surface area (Å²) in [7, 11) is 0. The van der Waals surface area contributed by atoms with Crippen LogP contribution >= 0.6 is 0 Å². The second-order valence-electron chi connectivity index (χ2n) is 3.24. The molecule has 90 valence electrons. The quantitative estimate of drug-likeness (QED) is 0.461. The molecule has 4 N–H and O–H groups in total. The second kappa shape index (κ2) is 5.75. The lowest BCUT2D eigenvalue weighted by Crippen LogP contribution is -2.02. The Kier molecular flexibility index (Phi) is 4.35. The van der Waals surface area contributed by atoms with Crippen molar-refractivity contribution in [3.8, 4) is 11.8 Å². The van der Waals surface area contributed by atoms with Crippen molar-refractivity contribution in [2.75, 3.05) is 18.1 Å². The van der Waals surface area contributed by atoms with Gasteiger partial charge in [-0.3, -0.25) is 4.79 Å². The van der Waals surface area contributed by atoms with Gasteiger partial charge in [-0.25, -0.2) is 4.39 Å². The van der Waals surface area contributed by atoms with Crippen LogP contribution in [0.4, 0.5) is 15.8 Å². The van der Waals surface area contributed by atoms with Gasteiger partial charge in [-0.1, -0.05) is 11.8 Å². The van der Waals surface area contributed by atoms with Crippen LogP contribution in [-0.4, -0.2) is 12.6 Å². The predicted octanol–water partition coefficient (Wildman–Crippen LogP) is 1.29. The van der Waals surface area contributed by atoms with E-state index in [1.165, 1.54) is 6.07 Å². The first kappa shape index (κ1) is 12.8. The minimum atomic E-state index is -0.517. The first-order chi connectivity index (χ1) is 8.04. The van der Waals surface area contributed by atoms with Crippen molar-refractivity contribution in [3.63, 3.8) is 0 Å². The molecule has 1 aromatic rings. The first-order valence-corrected chi connectivity index (χ1v) is 5.03. The molecule has 0 radical (unpaired) electrons. The van der Waals surface area contributed by atoms with E-state index in [1.807, 2.05) is 0 Å². The van der Waals surface area contributed by atoms with E-state index < -0.39 is 11.8 Å². The summed E-state index contributed by atoms with van der Waals surface area (Å²) in [5, 5.41) is 0. The van der Waals surface area contributed by atoms with Crippen LogP contribution in [0.2, 0.25) is 0 Å². The van der Waals surface area contributed by atoms with Crippen molar-refractivity contribution in [2.24, 2.45) is 0 Å². The molecule has 17 heavy (non-hydrogen) atoms. The molecule has 0 aliphatic rings. The molecule has 0 fully saturated rings. The van der Waals surface area contributed by atoms with Gasteiger partial charge in [0.25, 0.3) is 0 Å². The van der Waals surface area contributed by atoms with Crippen molar-refractivity contribution in [2.45, 2.75) is 13.3 Å². The van der Waals surface area contributed by atoms with Crippen LogP contribution < -0.4 is 11.5 Å². The maximum absolute atomic E-state index is 13.0. The highest BCUT2D eigenvalue weighted by molar-refractivity contribution is 5.74. The van der Waals surface area contributed by atoms with E-state index in [0.29, 0.717) is 6.61 Å². The van der Waals surface area contributed by atoms with E-state index in [2.05, 4.69) is 16.6 Å². The summed E-state index contributed by atoms with van der Waals surface area (Å²) >= 11 is 0. The van der Waals surface area contributed by atoms with E-state index >= 15 is 0 Å². The molecule has 1 aromatic carbocycles. The molecule has 0 aliphatic carbocycles. The Morgan fingerprint density at radius 2 is 2.18 bits per heavy atom. The van der Waals surface area contributed by atoms with Gasteiger partial charge in [0.2, 0.25) is 0 Å². The van der Waals surface area contributed by atoms with Crippen molar-refractivity contribution < 1.29 is 13.9 Å². The van der Waals surface area contributed by atoms with Gasteiger partial charge in [0.05, 0.1) is 23.5 Å². The van der Waals surface area contributed by atoms with Gasteiger partial charge in [-0.05, 0) is 19.1 Å². The number of nitrogens with two attached hydrogens (primary N) is 2. The van der Waals surface area contributed by atoms with Gasteiger partial charge in [-0.15, -0.1) is 0 Å². The summed E-state index contributed by atoms with van der Waals surface area (Å²) in [6.07, 6.45) is -0.0658. The summed E-state index contributed by atoms with van der Waals surface area (Å²) in [6, 6.07) is 2.29. The number of rotatable bonds is 2. The average Bonchev–Trinajstić information content (AvgIpc) is 2.25. The first-order valence-electron chi connectivity index (χ1n) is 5.03. The van der Waals surface area contributed by atoms with Gasteiger partial charge in [0.15, 0.2) is 0 Å². The number of hydrogen-bond donors (Lipinski definition) is 2. The zero-order valence-electron chi connectivity index (χ0n) is 9.42. The largest absolute Gasteiger partial charge is 0.465 e. The van der Waals surface area contributed by atoms with E-state index in [0.717, 1.165) is 6.07 Å². The summed E-state index contributed by atoms with van der Waals surface area (Å²) in [5.41, 5.74) is 11.7. The molecule has 0 unspecified atom stereocenters. The summed E-state index contributed by atoms with van der Waals surface area (Å²) in [4.78, 5) is 11.0. The third kappa shape index (κ3) is 3.68. The summed E-state index contributed by atoms with van der Waals surface area (Å²) in [5.74, 6) is 4.20. The maximum Gasteiger partial charge on any atom is 0.317 e. The highest BCUT2D eigenvalue weighted by Gasteiger charge is 2.03. The molecule has 4 nitrogen and oxygen atoms in total. The molecular weight excluding hydrogens is 223 g/mol. The van der Waals surface area contributed by atoms with Crippen molar-refractivity contribution in [1.82, 2.24) is 0 Å². The fourth-order valence-corrected chi connectivity index (χ4v) is 1.17. The van der Waals surface area contributed by atoms with Gasteiger partial charge in [0, 0.05) is 0 Å². The zero-order chi connectivity index (χ0) is 12.8. The number of halogens is 1. The van der Waals surface area contributed by atoms with Crippen LogP contribution in [0, 0.1) is 17.7 Å². The van der Waals surface area contributed by atoms with Gasteiger partial charge in [-0.2, -0.15) is 0 Å². The number of carbonyl (C=O) groups excluding carboxylic acids is 1. The van der Waals surface area contributed by atoms with E-state index in [9.17, 15) is 9.18 Å². The minimum absolute atomic E-state index is 0.0658. The molecule has 0 aromatic heterocycles. The van der Waals surface area contributed by atoms with E-state index in [-0.39, 0.29) is 23.4 Å². The number of benzene rings is 1. The van der Waals surface area contributed by atoms with Crippen LogP contribution in [0.3, 0.4) is 0 Å². The summed E-state index contributed by atoms with van der Waals surface area (Å²) in [6.45, 7) is 2.01. The summed E-state index contributed by atoms with van der Waals surface area (Å²) < 4.78 is 17.7. The Balaban J connectivity index is 2.82.